The summed E-state index contributed by atoms with van der Waals surface area (Å²) in [6.45, 7) is 7.83. The Morgan fingerprint density at radius 1 is 1.22 bits per heavy atom. The molecular weight excluding hydrogens is 308 g/mol. The minimum Gasteiger partial charge on any atom is -0.324 e. The lowest BCUT2D eigenvalue weighted by Crippen LogP contribution is -2.22. The maximum absolute atomic E-state index is 12.8. The van der Waals surface area contributed by atoms with Crippen LogP contribution in [0, 0.1) is 20.8 Å². The van der Waals surface area contributed by atoms with E-state index in [9.17, 15) is 4.79 Å². The van der Waals surface area contributed by atoms with Crippen LogP contribution in [0.15, 0.2) is 16.9 Å². The highest BCUT2D eigenvalue weighted by Crippen LogP contribution is 2.28. The lowest BCUT2D eigenvalue weighted by molar-refractivity contribution is 0.812. The van der Waals surface area contributed by atoms with Crippen molar-refractivity contribution in [2.24, 2.45) is 12.8 Å². The van der Waals surface area contributed by atoms with Gasteiger partial charge < -0.3 is 5.73 Å². The molecule has 0 spiro atoms. The maximum atomic E-state index is 12.8. The van der Waals surface area contributed by atoms with Gasteiger partial charge in [0.05, 0.1) is 15.9 Å². The van der Waals surface area contributed by atoms with Gasteiger partial charge in [-0.25, -0.2) is 9.97 Å². The minimum absolute atomic E-state index is 0.0688. The van der Waals surface area contributed by atoms with Crippen molar-refractivity contribution in [3.63, 3.8) is 0 Å². The Hall–Kier alpha value is -2.05. The Bertz CT molecular complexity index is 969. The second kappa shape index (κ2) is 5.54. The number of nitrogens with zero attached hydrogens (tertiary/aromatic N) is 3. The molecule has 0 bridgehead atoms. The van der Waals surface area contributed by atoms with Crippen molar-refractivity contribution in [1.82, 2.24) is 14.5 Å². The molecule has 0 radical (unpaired) electrons. The van der Waals surface area contributed by atoms with E-state index in [1.807, 2.05) is 39.8 Å². The average molecular weight is 328 g/mol. The largest absolute Gasteiger partial charge is 0.324 e. The number of aryl methyl sites for hydroxylation is 3. The molecule has 2 N–H and O–H groups in total. The zero-order valence-electron chi connectivity index (χ0n) is 14.0. The van der Waals surface area contributed by atoms with E-state index in [2.05, 4.69) is 4.98 Å². The maximum Gasteiger partial charge on any atom is 0.261 e. The molecule has 3 rings (SSSR count). The van der Waals surface area contributed by atoms with Gasteiger partial charge in [0, 0.05) is 18.0 Å². The summed E-state index contributed by atoms with van der Waals surface area (Å²) in [6, 6.07) is 3.69. The Morgan fingerprint density at radius 2 is 1.91 bits per heavy atom. The van der Waals surface area contributed by atoms with Crippen molar-refractivity contribution in [1.29, 1.82) is 0 Å². The van der Waals surface area contributed by atoms with Crippen LogP contribution < -0.4 is 11.3 Å². The highest BCUT2D eigenvalue weighted by atomic mass is 32.1. The van der Waals surface area contributed by atoms with E-state index in [1.165, 1.54) is 0 Å². The first-order valence-corrected chi connectivity index (χ1v) is 8.32. The van der Waals surface area contributed by atoms with Gasteiger partial charge in [-0.15, -0.1) is 11.3 Å². The zero-order valence-corrected chi connectivity index (χ0v) is 14.8. The molecule has 3 aromatic rings. The van der Waals surface area contributed by atoms with Gasteiger partial charge in [0.2, 0.25) is 0 Å². The molecule has 23 heavy (non-hydrogen) atoms. The molecule has 0 aliphatic carbocycles. The fourth-order valence-corrected chi connectivity index (χ4v) is 3.66. The topological polar surface area (TPSA) is 73.8 Å². The van der Waals surface area contributed by atoms with E-state index >= 15 is 0 Å². The van der Waals surface area contributed by atoms with Crippen LogP contribution in [-0.4, -0.2) is 14.5 Å². The third-order valence-electron chi connectivity index (χ3n) is 3.96. The van der Waals surface area contributed by atoms with E-state index in [0.29, 0.717) is 16.7 Å². The number of benzene rings is 1. The molecule has 1 aromatic carbocycles. The van der Waals surface area contributed by atoms with Gasteiger partial charge in [0.15, 0.2) is 5.82 Å². The number of aromatic nitrogens is 3. The standard InChI is InChI=1S/C17H20N4OS/c1-8-6-12(9(2)18)15-13(7-8)17(22)21(5)16(20-15)14-10(3)23-11(4)19-14/h6-7,9H,18H2,1-5H3. The molecule has 2 heterocycles. The SMILES string of the molecule is Cc1cc(C(C)N)c2nc(-c3nc(C)sc3C)n(C)c(=O)c2c1. The molecule has 1 unspecified atom stereocenters. The van der Waals surface area contributed by atoms with E-state index < -0.39 is 0 Å². The van der Waals surface area contributed by atoms with Gasteiger partial charge >= 0.3 is 0 Å². The third kappa shape index (κ3) is 2.58. The van der Waals surface area contributed by atoms with E-state index in [1.54, 1.807) is 23.0 Å². The second-order valence-corrected chi connectivity index (χ2v) is 7.38. The highest BCUT2D eigenvalue weighted by Gasteiger charge is 2.18. The summed E-state index contributed by atoms with van der Waals surface area (Å²) in [6.07, 6.45) is 0. The Labute approximate surface area is 138 Å². The Balaban J connectivity index is 2.44. The average Bonchev–Trinajstić information content (AvgIpc) is 2.81. The van der Waals surface area contributed by atoms with Gasteiger partial charge in [-0.2, -0.15) is 0 Å². The van der Waals surface area contributed by atoms with Crippen LogP contribution in [0.1, 0.15) is 34.0 Å². The summed E-state index contributed by atoms with van der Waals surface area (Å²) in [5.41, 5.74) is 9.38. The predicted octanol–water partition coefficient (Wildman–Crippen LogP) is 3.00. The first-order valence-electron chi connectivity index (χ1n) is 7.51. The summed E-state index contributed by atoms with van der Waals surface area (Å²) >= 11 is 1.61. The summed E-state index contributed by atoms with van der Waals surface area (Å²) in [5.74, 6) is 0.593. The first-order chi connectivity index (χ1) is 10.8. The van der Waals surface area contributed by atoms with Crippen LogP contribution in [0.3, 0.4) is 0 Å². The number of hydrogen-bond acceptors (Lipinski definition) is 5. The smallest absolute Gasteiger partial charge is 0.261 e. The molecule has 2 aromatic heterocycles. The number of hydrogen-bond donors (Lipinski definition) is 1. The van der Waals surface area contributed by atoms with Gasteiger partial charge in [-0.3, -0.25) is 9.36 Å². The van der Waals surface area contributed by atoms with E-state index in [4.69, 9.17) is 10.7 Å². The van der Waals surface area contributed by atoms with Gasteiger partial charge in [-0.1, -0.05) is 6.07 Å². The van der Waals surface area contributed by atoms with Crippen LogP contribution in [0.5, 0.6) is 0 Å². The molecular formula is C17H20N4OS. The molecule has 1 atom stereocenters. The summed E-state index contributed by atoms with van der Waals surface area (Å²) in [5, 5.41) is 1.57. The van der Waals surface area contributed by atoms with Crippen molar-refractivity contribution >= 4 is 22.2 Å². The Kier molecular flexibility index (Phi) is 3.82. The fourth-order valence-electron chi connectivity index (χ4n) is 2.85. The Morgan fingerprint density at radius 3 is 2.48 bits per heavy atom. The van der Waals surface area contributed by atoms with Gasteiger partial charge in [0.25, 0.3) is 5.56 Å². The molecule has 5 nitrogen and oxygen atoms in total. The van der Waals surface area contributed by atoms with E-state index in [0.717, 1.165) is 26.7 Å². The lowest BCUT2D eigenvalue weighted by atomic mass is 10.0. The predicted molar refractivity (Wildman–Crippen MR) is 94.9 cm³/mol. The van der Waals surface area contributed by atoms with Crippen molar-refractivity contribution in [2.45, 2.75) is 33.7 Å². The van der Waals surface area contributed by atoms with E-state index in [-0.39, 0.29) is 11.6 Å². The number of fused-ring (bicyclic) bond motifs is 1. The quantitative estimate of drug-likeness (QED) is 0.785. The van der Waals surface area contributed by atoms with Gasteiger partial charge in [0.1, 0.15) is 5.69 Å². The molecule has 0 amide bonds. The monoisotopic (exact) mass is 328 g/mol. The molecule has 0 aliphatic rings. The number of thiazole rings is 1. The van der Waals surface area contributed by atoms with Crippen molar-refractivity contribution in [3.05, 3.63) is 43.5 Å². The molecule has 0 fully saturated rings. The summed E-state index contributed by atoms with van der Waals surface area (Å²) in [7, 11) is 1.74. The van der Waals surface area contributed by atoms with Crippen LogP contribution >= 0.6 is 11.3 Å². The molecule has 6 heteroatoms. The van der Waals surface area contributed by atoms with Crippen molar-refractivity contribution in [3.8, 4) is 11.5 Å². The fraction of sp³-hybridized carbons (Fsp3) is 0.353. The number of rotatable bonds is 2. The van der Waals surface area contributed by atoms with Crippen molar-refractivity contribution < 1.29 is 0 Å². The zero-order chi connectivity index (χ0) is 16.9. The third-order valence-corrected chi connectivity index (χ3v) is 4.85. The van der Waals surface area contributed by atoms with Crippen LogP contribution in [0.2, 0.25) is 0 Å². The molecule has 0 saturated carbocycles. The van der Waals surface area contributed by atoms with Crippen LogP contribution in [-0.2, 0) is 7.05 Å². The first kappa shape index (κ1) is 15.8. The lowest BCUT2D eigenvalue weighted by Gasteiger charge is -2.14. The van der Waals surface area contributed by atoms with Gasteiger partial charge in [-0.05, 0) is 44.9 Å². The number of nitrogens with two attached hydrogens (primary N) is 1. The normalized spacial score (nSPS) is 12.8. The molecule has 0 saturated heterocycles. The molecule has 120 valence electrons. The van der Waals surface area contributed by atoms with Crippen molar-refractivity contribution in [2.75, 3.05) is 0 Å². The van der Waals surface area contributed by atoms with Crippen LogP contribution in [0.4, 0.5) is 0 Å². The summed E-state index contributed by atoms with van der Waals surface area (Å²) < 4.78 is 1.58. The minimum atomic E-state index is -0.192. The second-order valence-electron chi connectivity index (χ2n) is 5.98. The molecule has 0 aliphatic heterocycles. The summed E-state index contributed by atoms with van der Waals surface area (Å²) in [4.78, 5) is 23.2. The highest BCUT2D eigenvalue weighted by molar-refractivity contribution is 7.11. The van der Waals surface area contributed by atoms with Crippen LogP contribution in [0.25, 0.3) is 22.4 Å².